The van der Waals surface area contributed by atoms with E-state index in [1.165, 1.54) is 0 Å². The van der Waals surface area contributed by atoms with Crippen molar-refractivity contribution in [2.75, 3.05) is 26.2 Å². The number of hydrogen-bond donors (Lipinski definition) is 0. The Balaban J connectivity index is 1.42. The molecule has 6 nitrogen and oxygen atoms in total. The third-order valence-corrected chi connectivity index (χ3v) is 8.17. The van der Waals surface area contributed by atoms with Crippen LogP contribution in [0.3, 0.4) is 0 Å². The highest BCUT2D eigenvalue weighted by molar-refractivity contribution is 6.30. The lowest BCUT2D eigenvalue weighted by Crippen LogP contribution is -2.45. The lowest BCUT2D eigenvalue weighted by molar-refractivity contribution is -0.151. The molecule has 200 valence electrons. The molecule has 0 unspecified atom stereocenters. The predicted molar refractivity (Wildman–Crippen MR) is 151 cm³/mol. The van der Waals surface area contributed by atoms with Crippen LogP contribution in [0.5, 0.6) is 0 Å². The van der Waals surface area contributed by atoms with E-state index < -0.39 is 0 Å². The Kier molecular flexibility index (Phi) is 8.51. The van der Waals surface area contributed by atoms with Crippen molar-refractivity contribution in [3.8, 4) is 0 Å². The fourth-order valence-electron chi connectivity index (χ4n) is 5.88. The second-order valence-electron chi connectivity index (χ2n) is 10.3. The topological polar surface area (TPSA) is 62.2 Å². The molecule has 0 bridgehead atoms. The van der Waals surface area contributed by atoms with Crippen LogP contribution in [0.2, 0.25) is 10.0 Å². The minimum absolute atomic E-state index is 0.0535. The number of hydrogen-bond acceptors (Lipinski definition) is 5. The number of benzene rings is 2. The van der Waals surface area contributed by atoms with E-state index in [0.29, 0.717) is 23.2 Å². The van der Waals surface area contributed by atoms with Gasteiger partial charge in [-0.1, -0.05) is 47.5 Å². The van der Waals surface area contributed by atoms with E-state index >= 15 is 0 Å². The van der Waals surface area contributed by atoms with Gasteiger partial charge >= 0.3 is 5.97 Å². The molecule has 0 spiro atoms. The van der Waals surface area contributed by atoms with Gasteiger partial charge in [0.05, 0.1) is 30.8 Å². The van der Waals surface area contributed by atoms with Gasteiger partial charge in [0.1, 0.15) is 0 Å². The summed E-state index contributed by atoms with van der Waals surface area (Å²) in [6.45, 7) is 3.73. The normalized spacial score (nSPS) is 24.7. The molecule has 0 radical (unpaired) electrons. The molecule has 8 heteroatoms. The molecule has 2 aromatic carbocycles. The summed E-state index contributed by atoms with van der Waals surface area (Å²) in [5.74, 6) is -0.304. The number of rotatable bonds is 6. The van der Waals surface area contributed by atoms with Crippen LogP contribution >= 0.6 is 23.2 Å². The van der Waals surface area contributed by atoms with Crippen LogP contribution in [0.1, 0.15) is 56.2 Å². The summed E-state index contributed by atoms with van der Waals surface area (Å²) in [5, 5.41) is 8.05. The number of ether oxygens (including phenoxy) is 1. The first-order chi connectivity index (χ1) is 18.4. The van der Waals surface area contributed by atoms with Gasteiger partial charge in [0.25, 0.3) is 5.91 Å². The molecule has 1 amide bonds. The number of esters is 1. The zero-order chi connectivity index (χ0) is 26.6. The number of piperidine rings is 1. The molecule has 3 atom stereocenters. The predicted octanol–water partition coefficient (Wildman–Crippen LogP) is 6.39. The summed E-state index contributed by atoms with van der Waals surface area (Å²) < 4.78 is 5.24. The number of hydrazone groups is 1. The van der Waals surface area contributed by atoms with Gasteiger partial charge in [-0.05, 0) is 92.6 Å². The largest absolute Gasteiger partial charge is 0.466 e. The third kappa shape index (κ3) is 5.98. The highest BCUT2D eigenvalue weighted by atomic mass is 35.5. The molecule has 2 fully saturated rings. The molecule has 5 rings (SSSR count). The number of fused-ring (bicyclic) bond motifs is 1. The van der Waals surface area contributed by atoms with E-state index in [2.05, 4.69) is 11.0 Å². The number of carbonyl (C=O) groups excluding carboxylic acids is 2. The van der Waals surface area contributed by atoms with Crippen LogP contribution in [0.4, 0.5) is 0 Å². The van der Waals surface area contributed by atoms with Crippen LogP contribution < -0.4 is 0 Å². The molecule has 0 aromatic heterocycles. The Morgan fingerprint density at radius 3 is 2.45 bits per heavy atom. The molecule has 3 aliphatic rings. The maximum atomic E-state index is 13.8. The van der Waals surface area contributed by atoms with Crippen molar-refractivity contribution in [2.45, 2.75) is 45.1 Å². The van der Waals surface area contributed by atoms with Gasteiger partial charge in [-0.25, -0.2) is 5.01 Å². The summed E-state index contributed by atoms with van der Waals surface area (Å²) in [5.41, 5.74) is 4.25. The van der Waals surface area contributed by atoms with E-state index in [-0.39, 0.29) is 36.3 Å². The van der Waals surface area contributed by atoms with Crippen molar-refractivity contribution in [1.29, 1.82) is 0 Å². The smallest absolute Gasteiger partial charge is 0.310 e. The maximum Gasteiger partial charge on any atom is 0.310 e. The van der Waals surface area contributed by atoms with E-state index in [4.69, 9.17) is 33.0 Å². The molecule has 2 aliphatic heterocycles. The lowest BCUT2D eigenvalue weighted by atomic mass is 9.77. The Morgan fingerprint density at radius 2 is 1.74 bits per heavy atom. The number of carbonyl (C=O) groups is 2. The average Bonchev–Trinajstić information content (AvgIpc) is 3.32. The number of halogens is 2. The molecule has 1 saturated carbocycles. The van der Waals surface area contributed by atoms with Crippen LogP contribution in [-0.4, -0.2) is 53.7 Å². The number of allylic oxidation sites excluding steroid dienone is 1. The molecule has 0 N–H and O–H groups in total. The van der Waals surface area contributed by atoms with E-state index in [9.17, 15) is 9.59 Å². The van der Waals surface area contributed by atoms with Gasteiger partial charge in [0, 0.05) is 22.5 Å². The third-order valence-electron chi connectivity index (χ3n) is 7.66. The summed E-state index contributed by atoms with van der Waals surface area (Å²) in [7, 11) is 0. The molecule has 38 heavy (non-hydrogen) atoms. The molecule has 1 aliphatic carbocycles. The Bertz CT molecular complexity index is 1230. The monoisotopic (exact) mass is 553 g/mol. The molecular formula is C30H33Cl2N3O3. The van der Waals surface area contributed by atoms with E-state index in [1.54, 1.807) is 5.01 Å². The van der Waals surface area contributed by atoms with E-state index in [0.717, 1.165) is 61.1 Å². The maximum absolute atomic E-state index is 13.8. The molecule has 1 saturated heterocycles. The number of likely N-dealkylation sites (tertiary alicyclic amines) is 1. The quantitative estimate of drug-likeness (QED) is 0.388. The zero-order valence-corrected chi connectivity index (χ0v) is 23.1. The van der Waals surface area contributed by atoms with Crippen molar-refractivity contribution >= 4 is 46.9 Å². The van der Waals surface area contributed by atoms with Gasteiger partial charge < -0.3 is 4.74 Å². The van der Waals surface area contributed by atoms with Crippen LogP contribution in [0, 0.1) is 11.8 Å². The van der Waals surface area contributed by atoms with Crippen molar-refractivity contribution in [3.05, 3.63) is 75.3 Å². The van der Waals surface area contributed by atoms with Gasteiger partial charge in [0.2, 0.25) is 0 Å². The number of nitrogens with zero attached hydrogens (tertiary/aromatic N) is 3. The van der Waals surface area contributed by atoms with Gasteiger partial charge in [-0.3, -0.25) is 14.5 Å². The summed E-state index contributed by atoms with van der Waals surface area (Å²) >= 11 is 12.3. The SMILES string of the molecule is CCOC(=O)[C@@H]1CCCN(CC(=O)N2N=C3/C(=C\c4ccc(Cl)cc4)CCC[C@@H]3[C@@H]2c2ccc(Cl)cc2)C1. The van der Waals surface area contributed by atoms with Crippen molar-refractivity contribution < 1.29 is 14.3 Å². The zero-order valence-electron chi connectivity index (χ0n) is 21.6. The molecule has 2 heterocycles. The van der Waals surface area contributed by atoms with Crippen molar-refractivity contribution in [3.63, 3.8) is 0 Å². The van der Waals surface area contributed by atoms with Gasteiger partial charge in [-0.15, -0.1) is 0 Å². The van der Waals surface area contributed by atoms with Gasteiger partial charge in [-0.2, -0.15) is 5.10 Å². The van der Waals surface area contributed by atoms with Crippen LogP contribution in [-0.2, 0) is 14.3 Å². The molecule has 2 aromatic rings. The fourth-order valence-corrected chi connectivity index (χ4v) is 6.13. The van der Waals surface area contributed by atoms with Crippen LogP contribution in [0.15, 0.2) is 59.2 Å². The lowest BCUT2D eigenvalue weighted by Gasteiger charge is -2.33. The minimum atomic E-state index is -0.190. The first-order valence-electron chi connectivity index (χ1n) is 13.4. The van der Waals surface area contributed by atoms with Crippen LogP contribution in [0.25, 0.3) is 6.08 Å². The average molecular weight is 555 g/mol. The summed E-state index contributed by atoms with van der Waals surface area (Å²) in [4.78, 5) is 28.2. The fraction of sp³-hybridized carbons (Fsp3) is 0.433. The van der Waals surface area contributed by atoms with Crippen molar-refractivity contribution in [1.82, 2.24) is 9.91 Å². The first-order valence-corrected chi connectivity index (χ1v) is 14.2. The standard InChI is InChI=1S/C30H33Cl2N3O3/c1-2-38-30(37)23-6-4-16-34(18-23)19-27(36)35-29(21-10-14-25(32)15-11-21)26-7-3-5-22(28(26)33-35)17-20-8-12-24(31)13-9-20/h8-15,17,23,26,29H,2-7,16,18-19H2,1H3/b22-17-/t23-,26+,29+/m1/s1. The Morgan fingerprint density at radius 1 is 1.03 bits per heavy atom. The first kappa shape index (κ1) is 26.9. The second kappa shape index (κ2) is 12.0. The summed E-state index contributed by atoms with van der Waals surface area (Å²) in [6, 6.07) is 15.3. The Labute approximate surface area is 234 Å². The minimum Gasteiger partial charge on any atom is -0.466 e. The Hall–Kier alpha value is -2.67. The highest BCUT2D eigenvalue weighted by Gasteiger charge is 2.44. The van der Waals surface area contributed by atoms with Gasteiger partial charge in [0.15, 0.2) is 0 Å². The van der Waals surface area contributed by atoms with Crippen molar-refractivity contribution in [2.24, 2.45) is 16.9 Å². The van der Waals surface area contributed by atoms with E-state index in [1.807, 2.05) is 55.5 Å². The second-order valence-corrected chi connectivity index (χ2v) is 11.1. The number of amides is 1. The highest BCUT2D eigenvalue weighted by Crippen LogP contribution is 2.44. The molecular weight excluding hydrogens is 521 g/mol. The summed E-state index contributed by atoms with van der Waals surface area (Å²) in [6.07, 6.45) is 6.74.